The number of halogens is 1. The Morgan fingerprint density at radius 1 is 1.32 bits per heavy atom. The van der Waals surface area contributed by atoms with Crippen molar-refractivity contribution in [3.63, 3.8) is 0 Å². The van der Waals surface area contributed by atoms with Crippen LogP contribution in [-0.2, 0) is 19.4 Å². The predicted molar refractivity (Wildman–Crippen MR) is 79.8 cm³/mol. The van der Waals surface area contributed by atoms with E-state index in [-0.39, 0.29) is 6.04 Å². The molecule has 0 saturated heterocycles. The van der Waals surface area contributed by atoms with Crippen LogP contribution in [-0.4, -0.2) is 14.8 Å². The molecule has 0 aliphatic heterocycles. The first kappa shape index (κ1) is 14.2. The molecule has 4 nitrogen and oxygen atoms in total. The fourth-order valence-electron chi connectivity index (χ4n) is 2.10. The number of aryl methyl sites for hydroxylation is 2. The van der Waals surface area contributed by atoms with Gasteiger partial charge in [0.1, 0.15) is 0 Å². The van der Waals surface area contributed by atoms with Gasteiger partial charge >= 0.3 is 0 Å². The Morgan fingerprint density at radius 2 is 2.11 bits per heavy atom. The molecule has 0 spiro atoms. The first-order valence-electron chi connectivity index (χ1n) is 6.55. The molecule has 0 bridgehead atoms. The van der Waals surface area contributed by atoms with Gasteiger partial charge in [-0.15, -0.1) is 0 Å². The summed E-state index contributed by atoms with van der Waals surface area (Å²) >= 11 is 3.42. The van der Waals surface area contributed by atoms with Crippen molar-refractivity contribution in [1.82, 2.24) is 14.8 Å². The van der Waals surface area contributed by atoms with Crippen molar-refractivity contribution in [3.05, 3.63) is 46.0 Å². The van der Waals surface area contributed by atoms with E-state index in [1.807, 2.05) is 16.9 Å². The van der Waals surface area contributed by atoms with Crippen LogP contribution < -0.4 is 5.73 Å². The lowest BCUT2D eigenvalue weighted by Gasteiger charge is -2.12. The van der Waals surface area contributed by atoms with E-state index in [1.54, 1.807) is 6.20 Å². The number of pyridine rings is 1. The Hall–Kier alpha value is -1.20. The first-order chi connectivity index (χ1) is 9.13. The molecule has 2 aromatic rings. The topological polar surface area (TPSA) is 56.7 Å². The molecule has 0 aromatic carbocycles. The predicted octanol–water partition coefficient (Wildman–Crippen LogP) is 2.87. The Balaban J connectivity index is 2.18. The van der Waals surface area contributed by atoms with Crippen molar-refractivity contribution < 1.29 is 0 Å². The molecule has 0 amide bonds. The van der Waals surface area contributed by atoms with Gasteiger partial charge in [0.2, 0.25) is 0 Å². The van der Waals surface area contributed by atoms with Crippen LogP contribution in [0.4, 0.5) is 0 Å². The standard InChI is InChI=1S/C14H19BrN4/c1-3-12-6-13(19(4-2)18-12)7-14(16)10-5-11(15)9-17-8-10/h5-6,8-9,14H,3-4,7,16H2,1-2H3. The van der Waals surface area contributed by atoms with Gasteiger partial charge in [0, 0.05) is 41.6 Å². The fourth-order valence-corrected chi connectivity index (χ4v) is 2.48. The van der Waals surface area contributed by atoms with E-state index >= 15 is 0 Å². The van der Waals surface area contributed by atoms with Crippen molar-refractivity contribution in [1.29, 1.82) is 0 Å². The minimum atomic E-state index is -0.0586. The molecule has 0 aliphatic carbocycles. The molecule has 2 aromatic heterocycles. The summed E-state index contributed by atoms with van der Waals surface area (Å²) in [5, 5.41) is 4.55. The lowest BCUT2D eigenvalue weighted by atomic mass is 10.0. The summed E-state index contributed by atoms with van der Waals surface area (Å²) in [5.74, 6) is 0. The second kappa shape index (κ2) is 6.30. The molecular weight excluding hydrogens is 304 g/mol. The van der Waals surface area contributed by atoms with Crippen molar-refractivity contribution in [2.24, 2.45) is 5.73 Å². The van der Waals surface area contributed by atoms with Crippen LogP contribution in [0, 0.1) is 0 Å². The second-order valence-corrected chi connectivity index (χ2v) is 5.46. The monoisotopic (exact) mass is 322 g/mol. The van der Waals surface area contributed by atoms with E-state index in [1.165, 1.54) is 5.69 Å². The number of rotatable bonds is 5. The largest absolute Gasteiger partial charge is 0.324 e. The summed E-state index contributed by atoms with van der Waals surface area (Å²) in [6.45, 7) is 5.09. The molecule has 0 fully saturated rings. The molecule has 0 saturated carbocycles. The van der Waals surface area contributed by atoms with Crippen molar-refractivity contribution in [2.75, 3.05) is 0 Å². The van der Waals surface area contributed by atoms with Crippen LogP contribution >= 0.6 is 15.9 Å². The Morgan fingerprint density at radius 3 is 2.74 bits per heavy atom. The van der Waals surface area contributed by atoms with Crippen LogP contribution in [0.25, 0.3) is 0 Å². The first-order valence-corrected chi connectivity index (χ1v) is 7.35. The van der Waals surface area contributed by atoms with Crippen LogP contribution in [0.3, 0.4) is 0 Å². The molecular formula is C14H19BrN4. The van der Waals surface area contributed by atoms with Crippen LogP contribution in [0.5, 0.6) is 0 Å². The summed E-state index contributed by atoms with van der Waals surface area (Å²) in [6.07, 6.45) is 5.32. The normalized spacial score (nSPS) is 12.6. The van der Waals surface area contributed by atoms with Crippen molar-refractivity contribution in [2.45, 2.75) is 39.3 Å². The minimum Gasteiger partial charge on any atom is -0.324 e. The number of hydrogen-bond acceptors (Lipinski definition) is 3. The van der Waals surface area contributed by atoms with Gasteiger partial charge < -0.3 is 5.73 Å². The number of aromatic nitrogens is 3. The maximum absolute atomic E-state index is 6.27. The molecule has 102 valence electrons. The third kappa shape index (κ3) is 3.42. The SMILES string of the molecule is CCc1cc(CC(N)c2cncc(Br)c2)n(CC)n1. The summed E-state index contributed by atoms with van der Waals surface area (Å²) in [5.41, 5.74) is 9.62. The average molecular weight is 323 g/mol. The second-order valence-electron chi connectivity index (χ2n) is 4.54. The Bertz CT molecular complexity index is 550. The summed E-state index contributed by atoms with van der Waals surface area (Å²) in [6, 6.07) is 4.11. The highest BCUT2D eigenvalue weighted by molar-refractivity contribution is 9.10. The molecule has 1 unspecified atom stereocenters. The van der Waals surface area contributed by atoms with E-state index in [0.717, 1.165) is 35.1 Å². The molecule has 1 atom stereocenters. The summed E-state index contributed by atoms with van der Waals surface area (Å²) in [4.78, 5) is 4.16. The average Bonchev–Trinajstić information content (AvgIpc) is 2.81. The smallest absolute Gasteiger partial charge is 0.0624 e. The molecule has 2 rings (SSSR count). The van der Waals surface area contributed by atoms with Crippen LogP contribution in [0.2, 0.25) is 0 Å². The van der Waals surface area contributed by atoms with Crippen molar-refractivity contribution in [3.8, 4) is 0 Å². The third-order valence-electron chi connectivity index (χ3n) is 3.16. The zero-order valence-electron chi connectivity index (χ0n) is 11.3. The maximum Gasteiger partial charge on any atom is 0.0624 e. The lowest BCUT2D eigenvalue weighted by molar-refractivity contribution is 0.585. The van der Waals surface area contributed by atoms with Gasteiger partial charge in [-0.2, -0.15) is 5.10 Å². The zero-order chi connectivity index (χ0) is 13.8. The molecule has 0 aliphatic rings. The van der Waals surface area contributed by atoms with E-state index in [0.29, 0.717) is 0 Å². The number of nitrogens with two attached hydrogens (primary N) is 1. The Labute approximate surface area is 122 Å². The highest BCUT2D eigenvalue weighted by Gasteiger charge is 2.12. The fraction of sp³-hybridized carbons (Fsp3) is 0.429. The van der Waals surface area contributed by atoms with Gasteiger partial charge in [-0.3, -0.25) is 9.67 Å². The highest BCUT2D eigenvalue weighted by atomic mass is 79.9. The van der Waals surface area contributed by atoms with E-state index in [2.05, 4.69) is 45.9 Å². The van der Waals surface area contributed by atoms with Crippen LogP contribution in [0.1, 0.15) is 36.8 Å². The maximum atomic E-state index is 6.27. The van der Waals surface area contributed by atoms with E-state index in [9.17, 15) is 0 Å². The minimum absolute atomic E-state index is 0.0586. The zero-order valence-corrected chi connectivity index (χ0v) is 12.9. The number of hydrogen-bond donors (Lipinski definition) is 1. The van der Waals surface area contributed by atoms with Gasteiger partial charge in [0.25, 0.3) is 0 Å². The van der Waals surface area contributed by atoms with Gasteiger partial charge in [-0.25, -0.2) is 0 Å². The molecule has 0 radical (unpaired) electrons. The van der Waals surface area contributed by atoms with Gasteiger partial charge in [0.05, 0.1) is 5.69 Å². The van der Waals surface area contributed by atoms with Gasteiger partial charge in [-0.05, 0) is 47.0 Å². The highest BCUT2D eigenvalue weighted by Crippen LogP contribution is 2.19. The lowest BCUT2D eigenvalue weighted by Crippen LogP contribution is -2.16. The van der Waals surface area contributed by atoms with Crippen LogP contribution in [0.15, 0.2) is 29.0 Å². The van der Waals surface area contributed by atoms with E-state index in [4.69, 9.17) is 5.73 Å². The van der Waals surface area contributed by atoms with Gasteiger partial charge in [-0.1, -0.05) is 6.92 Å². The molecule has 5 heteroatoms. The molecule has 2 N–H and O–H groups in total. The quantitative estimate of drug-likeness (QED) is 0.920. The van der Waals surface area contributed by atoms with Crippen molar-refractivity contribution >= 4 is 15.9 Å². The number of nitrogens with zero attached hydrogens (tertiary/aromatic N) is 3. The van der Waals surface area contributed by atoms with E-state index < -0.39 is 0 Å². The summed E-state index contributed by atoms with van der Waals surface area (Å²) in [7, 11) is 0. The van der Waals surface area contributed by atoms with Gasteiger partial charge in [0.15, 0.2) is 0 Å². The molecule has 19 heavy (non-hydrogen) atoms. The summed E-state index contributed by atoms with van der Waals surface area (Å²) < 4.78 is 2.99. The Kier molecular flexibility index (Phi) is 4.71. The molecule has 2 heterocycles. The third-order valence-corrected chi connectivity index (χ3v) is 3.59.